The zero-order chi connectivity index (χ0) is 12.6. The smallest absolute Gasteiger partial charge is 0.175 e. The molecule has 1 aromatic carbocycles. The van der Waals surface area contributed by atoms with Crippen molar-refractivity contribution in [3.63, 3.8) is 0 Å². The van der Waals surface area contributed by atoms with E-state index in [-0.39, 0.29) is 0 Å². The molecule has 0 atom stereocenters. The molecule has 0 aliphatic rings. The fourth-order valence-corrected chi connectivity index (χ4v) is 1.90. The Bertz CT molecular complexity index is 563. The average molecular weight is 271 g/mol. The van der Waals surface area contributed by atoms with Crippen LogP contribution in [0.15, 0.2) is 18.3 Å². The number of rotatable bonds is 2. The minimum atomic E-state index is 0.556. The van der Waals surface area contributed by atoms with Gasteiger partial charge in [0.15, 0.2) is 5.82 Å². The molecule has 0 saturated heterocycles. The van der Waals surface area contributed by atoms with E-state index in [0.717, 1.165) is 5.56 Å². The molecule has 0 unspecified atom stereocenters. The average Bonchev–Trinajstić information content (AvgIpc) is 2.54. The molecular weight excluding hydrogens is 259 g/mol. The van der Waals surface area contributed by atoms with Gasteiger partial charge in [-0.05, 0) is 24.6 Å². The fourth-order valence-electron chi connectivity index (χ4n) is 1.47. The van der Waals surface area contributed by atoms with E-state index >= 15 is 0 Å². The van der Waals surface area contributed by atoms with Gasteiger partial charge in [-0.3, -0.25) is 4.68 Å². The summed E-state index contributed by atoms with van der Waals surface area (Å²) in [5.74, 6) is 0.564. The molecule has 1 aromatic heterocycles. The SMILES string of the molecule is Cc1cc(Cl)c(Nc2nn(C)cc2N)cc1Cl. The Balaban J connectivity index is 2.36. The highest BCUT2D eigenvalue weighted by molar-refractivity contribution is 6.35. The highest BCUT2D eigenvalue weighted by Crippen LogP contribution is 2.31. The van der Waals surface area contributed by atoms with Crippen molar-refractivity contribution in [1.29, 1.82) is 0 Å². The minimum Gasteiger partial charge on any atom is -0.394 e. The molecule has 0 spiro atoms. The first kappa shape index (κ1) is 12.1. The lowest BCUT2D eigenvalue weighted by Crippen LogP contribution is -1.97. The molecule has 6 heteroatoms. The Labute approximate surface area is 109 Å². The van der Waals surface area contributed by atoms with Crippen molar-refractivity contribution in [2.75, 3.05) is 11.1 Å². The normalized spacial score (nSPS) is 10.6. The second kappa shape index (κ2) is 4.47. The van der Waals surface area contributed by atoms with Gasteiger partial charge in [-0.15, -0.1) is 0 Å². The van der Waals surface area contributed by atoms with Gasteiger partial charge in [0.2, 0.25) is 0 Å². The summed E-state index contributed by atoms with van der Waals surface area (Å²) in [6, 6.07) is 3.55. The topological polar surface area (TPSA) is 55.9 Å². The van der Waals surface area contributed by atoms with Gasteiger partial charge >= 0.3 is 0 Å². The second-order valence-electron chi connectivity index (χ2n) is 3.81. The van der Waals surface area contributed by atoms with Crippen LogP contribution in [0.4, 0.5) is 17.2 Å². The molecule has 17 heavy (non-hydrogen) atoms. The molecular formula is C11H12Cl2N4. The second-order valence-corrected chi connectivity index (χ2v) is 4.63. The zero-order valence-electron chi connectivity index (χ0n) is 9.46. The number of aromatic nitrogens is 2. The maximum Gasteiger partial charge on any atom is 0.175 e. The molecule has 2 rings (SSSR count). The van der Waals surface area contributed by atoms with Crippen molar-refractivity contribution in [2.45, 2.75) is 6.92 Å². The number of anilines is 3. The van der Waals surface area contributed by atoms with E-state index in [4.69, 9.17) is 28.9 Å². The lowest BCUT2D eigenvalue weighted by atomic mass is 10.2. The summed E-state index contributed by atoms with van der Waals surface area (Å²) in [6.45, 7) is 1.90. The number of aryl methyl sites for hydroxylation is 2. The largest absolute Gasteiger partial charge is 0.394 e. The van der Waals surface area contributed by atoms with Crippen LogP contribution in [0.2, 0.25) is 10.0 Å². The highest BCUT2D eigenvalue weighted by Gasteiger charge is 2.09. The van der Waals surface area contributed by atoms with Gasteiger partial charge in [0.05, 0.1) is 16.4 Å². The van der Waals surface area contributed by atoms with Crippen molar-refractivity contribution >= 4 is 40.4 Å². The quantitative estimate of drug-likeness (QED) is 0.880. The third kappa shape index (κ3) is 2.48. The molecule has 3 N–H and O–H groups in total. The number of nitrogen functional groups attached to an aromatic ring is 1. The van der Waals surface area contributed by atoms with E-state index in [1.54, 1.807) is 30.1 Å². The van der Waals surface area contributed by atoms with Crippen LogP contribution in [0.1, 0.15) is 5.56 Å². The van der Waals surface area contributed by atoms with Crippen LogP contribution < -0.4 is 11.1 Å². The molecule has 0 amide bonds. The Morgan fingerprint density at radius 1 is 1.29 bits per heavy atom. The Morgan fingerprint density at radius 3 is 2.59 bits per heavy atom. The lowest BCUT2D eigenvalue weighted by Gasteiger charge is -2.08. The molecule has 0 bridgehead atoms. The van der Waals surface area contributed by atoms with Crippen LogP contribution in [0.25, 0.3) is 0 Å². The van der Waals surface area contributed by atoms with E-state index < -0.39 is 0 Å². The van der Waals surface area contributed by atoms with Crippen molar-refractivity contribution in [2.24, 2.45) is 7.05 Å². The molecule has 1 heterocycles. The molecule has 0 aliphatic heterocycles. The molecule has 0 aliphatic carbocycles. The number of nitrogens with one attached hydrogen (secondary N) is 1. The molecule has 0 fully saturated rings. The number of halogens is 2. The van der Waals surface area contributed by atoms with Gasteiger partial charge in [-0.25, -0.2) is 0 Å². The highest BCUT2D eigenvalue weighted by atomic mass is 35.5. The summed E-state index contributed by atoms with van der Waals surface area (Å²) in [5.41, 5.74) is 7.96. The van der Waals surface area contributed by atoms with Crippen molar-refractivity contribution in [3.8, 4) is 0 Å². The van der Waals surface area contributed by atoms with Crippen molar-refractivity contribution < 1.29 is 0 Å². The van der Waals surface area contributed by atoms with Gasteiger partial charge in [0, 0.05) is 18.3 Å². The van der Waals surface area contributed by atoms with E-state index in [0.29, 0.717) is 27.2 Å². The van der Waals surface area contributed by atoms with Crippen molar-refractivity contribution in [1.82, 2.24) is 9.78 Å². The Kier molecular flexibility index (Phi) is 3.17. The predicted octanol–water partition coefficient (Wildman–Crippen LogP) is 3.36. The summed E-state index contributed by atoms with van der Waals surface area (Å²) < 4.78 is 1.63. The lowest BCUT2D eigenvalue weighted by molar-refractivity contribution is 0.771. The summed E-state index contributed by atoms with van der Waals surface area (Å²) in [4.78, 5) is 0. The molecule has 2 aromatic rings. The van der Waals surface area contributed by atoms with E-state index in [9.17, 15) is 0 Å². The van der Waals surface area contributed by atoms with Crippen LogP contribution >= 0.6 is 23.2 Å². The van der Waals surface area contributed by atoms with E-state index in [1.165, 1.54) is 0 Å². The summed E-state index contributed by atoms with van der Waals surface area (Å²) >= 11 is 12.2. The van der Waals surface area contributed by atoms with Gasteiger partial charge in [-0.1, -0.05) is 23.2 Å². The maximum atomic E-state index is 6.11. The molecule has 4 nitrogen and oxygen atoms in total. The molecule has 0 radical (unpaired) electrons. The monoisotopic (exact) mass is 270 g/mol. The van der Waals surface area contributed by atoms with Crippen LogP contribution in [0.5, 0.6) is 0 Å². The third-order valence-electron chi connectivity index (χ3n) is 2.36. The maximum absolute atomic E-state index is 6.11. The van der Waals surface area contributed by atoms with E-state index in [2.05, 4.69) is 10.4 Å². The van der Waals surface area contributed by atoms with Crippen LogP contribution in [-0.2, 0) is 7.05 Å². The van der Waals surface area contributed by atoms with Gasteiger partial charge in [-0.2, -0.15) is 5.10 Å². The number of nitrogens with two attached hydrogens (primary N) is 1. The number of hydrogen-bond donors (Lipinski definition) is 2. The van der Waals surface area contributed by atoms with Crippen LogP contribution in [0, 0.1) is 6.92 Å². The predicted molar refractivity (Wildman–Crippen MR) is 72.1 cm³/mol. The molecule has 90 valence electrons. The van der Waals surface area contributed by atoms with Gasteiger partial charge < -0.3 is 11.1 Å². The summed E-state index contributed by atoms with van der Waals surface area (Å²) in [7, 11) is 1.80. The van der Waals surface area contributed by atoms with Gasteiger partial charge in [0.25, 0.3) is 0 Å². The van der Waals surface area contributed by atoms with Crippen LogP contribution in [-0.4, -0.2) is 9.78 Å². The zero-order valence-corrected chi connectivity index (χ0v) is 11.0. The molecule has 0 saturated carbocycles. The van der Waals surface area contributed by atoms with Crippen molar-refractivity contribution in [3.05, 3.63) is 33.9 Å². The fraction of sp³-hybridized carbons (Fsp3) is 0.182. The van der Waals surface area contributed by atoms with Gasteiger partial charge in [0.1, 0.15) is 0 Å². The number of nitrogens with zero attached hydrogens (tertiary/aromatic N) is 2. The number of benzene rings is 1. The standard InChI is InChI=1S/C11H12Cl2N4/c1-6-3-8(13)10(4-7(6)12)15-11-9(14)5-17(2)16-11/h3-5H,14H2,1-2H3,(H,15,16). The summed E-state index contributed by atoms with van der Waals surface area (Å²) in [6.07, 6.45) is 1.71. The number of hydrogen-bond acceptors (Lipinski definition) is 3. The van der Waals surface area contributed by atoms with Crippen LogP contribution in [0.3, 0.4) is 0 Å². The first-order chi connectivity index (χ1) is 7.97. The third-order valence-corrected chi connectivity index (χ3v) is 3.08. The first-order valence-electron chi connectivity index (χ1n) is 4.99. The first-order valence-corrected chi connectivity index (χ1v) is 5.74. The minimum absolute atomic E-state index is 0.556. The Hall–Kier alpha value is -1.39. The summed E-state index contributed by atoms with van der Waals surface area (Å²) in [5, 5.41) is 8.46. The van der Waals surface area contributed by atoms with E-state index in [1.807, 2.05) is 6.92 Å². The Morgan fingerprint density at radius 2 is 2.00 bits per heavy atom.